The van der Waals surface area contributed by atoms with E-state index < -0.39 is 0 Å². The van der Waals surface area contributed by atoms with Crippen LogP contribution in [0.2, 0.25) is 0 Å². The number of nitrogens with zero attached hydrogens (tertiary/aromatic N) is 1. The van der Waals surface area contributed by atoms with Crippen molar-refractivity contribution in [1.29, 1.82) is 0 Å². The number of nitrogens with one attached hydrogen (secondary N) is 2. The maximum atomic E-state index is 11.9. The molecule has 4 heteroatoms. The van der Waals surface area contributed by atoms with Crippen molar-refractivity contribution in [3.8, 4) is 0 Å². The smallest absolute Gasteiger partial charge is 0.220 e. The Bertz CT molecular complexity index is 292. The van der Waals surface area contributed by atoms with Crippen LogP contribution >= 0.6 is 0 Å². The number of carbonyl (C=O) groups is 1. The third-order valence-electron chi connectivity index (χ3n) is 5.01. The molecule has 1 amide bonds. The van der Waals surface area contributed by atoms with Crippen molar-refractivity contribution in [1.82, 2.24) is 15.5 Å². The summed E-state index contributed by atoms with van der Waals surface area (Å²) >= 11 is 0. The van der Waals surface area contributed by atoms with Gasteiger partial charge in [-0.15, -0.1) is 0 Å². The highest BCUT2D eigenvalue weighted by molar-refractivity contribution is 5.75. The van der Waals surface area contributed by atoms with Gasteiger partial charge in [-0.3, -0.25) is 9.69 Å². The first kappa shape index (κ1) is 15.8. The lowest BCUT2D eigenvalue weighted by atomic mass is 9.98. The van der Waals surface area contributed by atoms with Crippen molar-refractivity contribution in [2.75, 3.05) is 26.2 Å². The molecule has 0 aromatic carbocycles. The van der Waals surface area contributed by atoms with Gasteiger partial charge in [-0.05, 0) is 58.5 Å². The van der Waals surface area contributed by atoms with Crippen LogP contribution in [-0.4, -0.2) is 49.1 Å². The summed E-state index contributed by atoms with van der Waals surface area (Å²) in [6, 6.07) is 1.33. The van der Waals surface area contributed by atoms with Gasteiger partial charge in [0.2, 0.25) is 5.91 Å². The Morgan fingerprint density at radius 2 is 2.00 bits per heavy atom. The summed E-state index contributed by atoms with van der Waals surface area (Å²) in [4.78, 5) is 14.4. The topological polar surface area (TPSA) is 44.4 Å². The summed E-state index contributed by atoms with van der Waals surface area (Å²) in [5.41, 5.74) is 0. The standard InChI is InChI=1S/C16H31N3O/c1-13-4-3-5-14(2)19(13)11-10-18-16(20)7-6-15-8-9-17-12-15/h13-15,17H,3-12H2,1-2H3,(H,18,20). The van der Waals surface area contributed by atoms with Crippen LogP contribution in [0.5, 0.6) is 0 Å². The number of likely N-dealkylation sites (tertiary alicyclic amines) is 1. The number of hydrogen-bond acceptors (Lipinski definition) is 3. The Morgan fingerprint density at radius 1 is 1.25 bits per heavy atom. The molecule has 2 N–H and O–H groups in total. The molecule has 2 saturated heterocycles. The number of carbonyl (C=O) groups excluding carboxylic acids is 1. The molecular weight excluding hydrogens is 250 g/mol. The van der Waals surface area contributed by atoms with Crippen LogP contribution in [0.3, 0.4) is 0 Å². The van der Waals surface area contributed by atoms with Gasteiger partial charge in [0.05, 0.1) is 0 Å². The van der Waals surface area contributed by atoms with Gasteiger partial charge in [0, 0.05) is 31.6 Å². The molecular formula is C16H31N3O. The Balaban J connectivity index is 1.58. The molecule has 0 saturated carbocycles. The fraction of sp³-hybridized carbons (Fsp3) is 0.938. The van der Waals surface area contributed by atoms with Crippen molar-refractivity contribution in [2.24, 2.45) is 5.92 Å². The number of rotatable bonds is 6. The van der Waals surface area contributed by atoms with E-state index in [1.165, 1.54) is 25.7 Å². The molecule has 2 rings (SSSR count). The highest BCUT2D eigenvalue weighted by atomic mass is 16.1. The summed E-state index contributed by atoms with van der Waals surface area (Å²) in [5, 5.41) is 6.45. The van der Waals surface area contributed by atoms with Crippen LogP contribution in [0.4, 0.5) is 0 Å². The summed E-state index contributed by atoms with van der Waals surface area (Å²) in [7, 11) is 0. The maximum Gasteiger partial charge on any atom is 0.220 e. The second-order valence-electron chi connectivity index (χ2n) is 6.61. The van der Waals surface area contributed by atoms with E-state index in [0.717, 1.165) is 32.6 Å². The summed E-state index contributed by atoms with van der Waals surface area (Å²) in [6.07, 6.45) is 6.91. The molecule has 4 nitrogen and oxygen atoms in total. The lowest BCUT2D eigenvalue weighted by molar-refractivity contribution is -0.121. The molecule has 0 aromatic heterocycles. The molecule has 3 atom stereocenters. The van der Waals surface area contributed by atoms with Gasteiger partial charge in [-0.1, -0.05) is 6.42 Å². The minimum Gasteiger partial charge on any atom is -0.355 e. The van der Waals surface area contributed by atoms with Crippen molar-refractivity contribution < 1.29 is 4.79 Å². The summed E-state index contributed by atoms with van der Waals surface area (Å²) in [6.45, 7) is 8.64. The minimum absolute atomic E-state index is 0.231. The van der Waals surface area contributed by atoms with Crippen LogP contribution in [0, 0.1) is 5.92 Å². The van der Waals surface area contributed by atoms with Gasteiger partial charge < -0.3 is 10.6 Å². The molecule has 0 radical (unpaired) electrons. The lowest BCUT2D eigenvalue weighted by Gasteiger charge is -2.39. The van der Waals surface area contributed by atoms with Crippen LogP contribution < -0.4 is 10.6 Å². The van der Waals surface area contributed by atoms with Crippen molar-refractivity contribution >= 4 is 5.91 Å². The monoisotopic (exact) mass is 281 g/mol. The van der Waals surface area contributed by atoms with Crippen molar-refractivity contribution in [2.45, 2.75) is 64.5 Å². The lowest BCUT2D eigenvalue weighted by Crippen LogP contribution is -2.47. The van der Waals surface area contributed by atoms with E-state index in [4.69, 9.17) is 0 Å². The maximum absolute atomic E-state index is 11.9. The van der Waals surface area contributed by atoms with E-state index in [1.54, 1.807) is 0 Å². The zero-order valence-electron chi connectivity index (χ0n) is 13.2. The van der Waals surface area contributed by atoms with Gasteiger partial charge in [-0.2, -0.15) is 0 Å². The molecule has 116 valence electrons. The van der Waals surface area contributed by atoms with Crippen LogP contribution in [-0.2, 0) is 4.79 Å². The first-order valence-corrected chi connectivity index (χ1v) is 8.40. The zero-order valence-corrected chi connectivity index (χ0v) is 13.2. The second-order valence-corrected chi connectivity index (χ2v) is 6.61. The van der Waals surface area contributed by atoms with Crippen LogP contribution in [0.15, 0.2) is 0 Å². The Morgan fingerprint density at radius 3 is 2.65 bits per heavy atom. The van der Waals surface area contributed by atoms with Gasteiger partial charge >= 0.3 is 0 Å². The quantitative estimate of drug-likeness (QED) is 0.780. The van der Waals surface area contributed by atoms with Crippen molar-refractivity contribution in [3.05, 3.63) is 0 Å². The Hall–Kier alpha value is -0.610. The molecule has 0 aromatic rings. The molecule has 0 aliphatic carbocycles. The van der Waals surface area contributed by atoms with Gasteiger partial charge in [0.1, 0.15) is 0 Å². The average Bonchev–Trinajstić information content (AvgIpc) is 2.93. The van der Waals surface area contributed by atoms with Gasteiger partial charge in [0.25, 0.3) is 0 Å². The van der Waals surface area contributed by atoms with Gasteiger partial charge in [-0.25, -0.2) is 0 Å². The van der Waals surface area contributed by atoms with E-state index in [-0.39, 0.29) is 5.91 Å². The summed E-state index contributed by atoms with van der Waals surface area (Å²) in [5.74, 6) is 0.942. The van der Waals surface area contributed by atoms with Crippen LogP contribution in [0.25, 0.3) is 0 Å². The highest BCUT2D eigenvalue weighted by Gasteiger charge is 2.24. The fourth-order valence-electron chi connectivity index (χ4n) is 3.62. The van der Waals surface area contributed by atoms with E-state index in [2.05, 4.69) is 29.4 Å². The Kier molecular flexibility index (Phi) is 6.30. The third-order valence-corrected chi connectivity index (χ3v) is 5.01. The first-order chi connectivity index (χ1) is 9.66. The molecule has 2 fully saturated rings. The van der Waals surface area contributed by atoms with Crippen LogP contribution in [0.1, 0.15) is 52.4 Å². The van der Waals surface area contributed by atoms with Gasteiger partial charge in [0.15, 0.2) is 0 Å². The molecule has 0 bridgehead atoms. The second kappa shape index (κ2) is 7.99. The van der Waals surface area contributed by atoms with Crippen molar-refractivity contribution in [3.63, 3.8) is 0 Å². The SMILES string of the molecule is CC1CCCC(C)N1CCNC(=O)CCC1CCNC1. The average molecular weight is 281 g/mol. The number of piperidine rings is 1. The molecule has 2 heterocycles. The largest absolute Gasteiger partial charge is 0.355 e. The van der Waals surface area contributed by atoms with E-state index >= 15 is 0 Å². The molecule has 2 aliphatic heterocycles. The predicted molar refractivity (Wildman–Crippen MR) is 82.7 cm³/mol. The molecule has 2 aliphatic rings. The molecule has 3 unspecified atom stereocenters. The highest BCUT2D eigenvalue weighted by Crippen LogP contribution is 2.21. The minimum atomic E-state index is 0.231. The van der Waals surface area contributed by atoms with E-state index in [1.807, 2.05) is 0 Å². The normalized spacial score (nSPS) is 31.4. The first-order valence-electron chi connectivity index (χ1n) is 8.40. The number of amides is 1. The van der Waals surface area contributed by atoms with E-state index in [0.29, 0.717) is 24.4 Å². The molecule has 0 spiro atoms. The zero-order chi connectivity index (χ0) is 14.4. The third kappa shape index (κ3) is 4.74. The fourth-order valence-corrected chi connectivity index (χ4v) is 3.62. The molecule has 20 heavy (non-hydrogen) atoms. The predicted octanol–water partition coefficient (Wildman–Crippen LogP) is 1.76. The summed E-state index contributed by atoms with van der Waals surface area (Å²) < 4.78 is 0. The Labute approximate surface area is 123 Å². The van der Waals surface area contributed by atoms with E-state index in [9.17, 15) is 4.79 Å². The number of hydrogen-bond donors (Lipinski definition) is 2.